The van der Waals surface area contributed by atoms with E-state index in [2.05, 4.69) is 38.4 Å². The van der Waals surface area contributed by atoms with Crippen molar-refractivity contribution in [3.05, 3.63) is 46.7 Å². The number of amides is 1. The van der Waals surface area contributed by atoms with Gasteiger partial charge in [0.05, 0.1) is 12.2 Å². The molecule has 1 unspecified atom stereocenters. The summed E-state index contributed by atoms with van der Waals surface area (Å²) in [7, 11) is 0. The van der Waals surface area contributed by atoms with Crippen molar-refractivity contribution in [1.82, 2.24) is 19.9 Å². The second-order valence-electron chi connectivity index (χ2n) is 5.29. The number of nitrogens with zero attached hydrogens (tertiary/aromatic N) is 4. The number of hydrogen-bond donors (Lipinski definition) is 0. The molecule has 21 heavy (non-hydrogen) atoms. The molecule has 110 valence electrons. The standard InChI is InChI=1S/C15H17BrN4O/c16-13-4-1-12(2-5-13)3-6-15(21)19-9-7-14(11-19)20-10-8-17-18-20/h1-2,4-5,8,10,14H,3,6-7,9,11H2. The van der Waals surface area contributed by atoms with Crippen LogP contribution in [-0.4, -0.2) is 38.9 Å². The Morgan fingerprint density at radius 1 is 1.33 bits per heavy atom. The van der Waals surface area contributed by atoms with Crippen LogP contribution in [-0.2, 0) is 11.2 Å². The van der Waals surface area contributed by atoms with Crippen LogP contribution in [0.5, 0.6) is 0 Å². The zero-order valence-electron chi connectivity index (χ0n) is 11.7. The minimum atomic E-state index is 0.223. The lowest BCUT2D eigenvalue weighted by Gasteiger charge is -2.16. The van der Waals surface area contributed by atoms with Crippen molar-refractivity contribution in [2.24, 2.45) is 0 Å². The number of carbonyl (C=O) groups excluding carboxylic acids is 1. The van der Waals surface area contributed by atoms with Crippen molar-refractivity contribution in [3.63, 3.8) is 0 Å². The molecule has 1 atom stereocenters. The van der Waals surface area contributed by atoms with E-state index in [4.69, 9.17) is 0 Å². The third-order valence-electron chi connectivity index (χ3n) is 3.87. The maximum Gasteiger partial charge on any atom is 0.222 e. The fourth-order valence-corrected chi connectivity index (χ4v) is 2.92. The molecule has 0 N–H and O–H groups in total. The summed E-state index contributed by atoms with van der Waals surface area (Å²) in [5.41, 5.74) is 1.19. The van der Waals surface area contributed by atoms with Gasteiger partial charge < -0.3 is 4.90 Å². The molecule has 1 aliphatic rings. The summed E-state index contributed by atoms with van der Waals surface area (Å²) in [6, 6.07) is 8.40. The van der Waals surface area contributed by atoms with Gasteiger partial charge in [0.25, 0.3) is 0 Å². The Morgan fingerprint density at radius 2 is 2.14 bits per heavy atom. The van der Waals surface area contributed by atoms with Crippen LogP contribution in [0.4, 0.5) is 0 Å². The van der Waals surface area contributed by atoms with Gasteiger partial charge in [0.15, 0.2) is 0 Å². The molecule has 1 amide bonds. The first kappa shape index (κ1) is 14.3. The van der Waals surface area contributed by atoms with E-state index in [0.717, 1.165) is 30.4 Å². The zero-order chi connectivity index (χ0) is 14.7. The average molecular weight is 349 g/mol. The summed E-state index contributed by atoms with van der Waals surface area (Å²) < 4.78 is 2.91. The first-order valence-corrected chi connectivity index (χ1v) is 7.90. The fraction of sp³-hybridized carbons (Fsp3) is 0.400. The molecule has 5 nitrogen and oxygen atoms in total. The predicted molar refractivity (Wildman–Crippen MR) is 82.7 cm³/mol. The number of rotatable bonds is 4. The smallest absolute Gasteiger partial charge is 0.222 e. The summed E-state index contributed by atoms with van der Waals surface area (Å²) in [4.78, 5) is 14.2. The van der Waals surface area contributed by atoms with E-state index >= 15 is 0 Å². The summed E-state index contributed by atoms with van der Waals surface area (Å²) in [6.45, 7) is 1.55. The van der Waals surface area contributed by atoms with Crippen molar-refractivity contribution >= 4 is 21.8 Å². The third kappa shape index (κ3) is 3.50. The Bertz CT molecular complexity index is 597. The Labute approximate surface area is 132 Å². The van der Waals surface area contributed by atoms with Gasteiger partial charge in [-0.05, 0) is 30.5 Å². The number of aromatic nitrogens is 3. The minimum absolute atomic E-state index is 0.223. The van der Waals surface area contributed by atoms with Crippen LogP contribution in [0.15, 0.2) is 41.1 Å². The van der Waals surface area contributed by atoms with Gasteiger partial charge in [0, 0.05) is 30.2 Å². The lowest BCUT2D eigenvalue weighted by atomic mass is 10.1. The Morgan fingerprint density at radius 3 is 2.86 bits per heavy atom. The fourth-order valence-electron chi connectivity index (χ4n) is 2.66. The summed E-state index contributed by atoms with van der Waals surface area (Å²) in [5.74, 6) is 0.223. The van der Waals surface area contributed by atoms with Crippen LogP contribution in [0.2, 0.25) is 0 Å². The van der Waals surface area contributed by atoms with Crippen LogP contribution >= 0.6 is 15.9 Å². The normalized spacial score (nSPS) is 18.1. The van der Waals surface area contributed by atoms with Gasteiger partial charge in [-0.2, -0.15) is 0 Å². The number of likely N-dealkylation sites (tertiary alicyclic amines) is 1. The molecule has 2 heterocycles. The monoisotopic (exact) mass is 348 g/mol. The van der Waals surface area contributed by atoms with Gasteiger partial charge in [0.2, 0.25) is 5.91 Å². The largest absolute Gasteiger partial charge is 0.340 e. The summed E-state index contributed by atoms with van der Waals surface area (Å²) in [6.07, 6.45) is 5.84. The van der Waals surface area contributed by atoms with E-state index in [9.17, 15) is 4.79 Å². The van der Waals surface area contributed by atoms with Gasteiger partial charge in [-0.25, -0.2) is 4.68 Å². The first-order chi connectivity index (χ1) is 10.2. The Kier molecular flexibility index (Phi) is 4.34. The van der Waals surface area contributed by atoms with Crippen LogP contribution in [0.1, 0.15) is 24.4 Å². The molecule has 0 saturated carbocycles. The SMILES string of the molecule is O=C(CCc1ccc(Br)cc1)N1CCC(n2ccnn2)C1. The molecule has 1 aliphatic heterocycles. The molecule has 2 aromatic rings. The third-order valence-corrected chi connectivity index (χ3v) is 4.40. The molecule has 0 spiro atoms. The van der Waals surface area contributed by atoms with Crippen LogP contribution in [0.25, 0.3) is 0 Å². The Hall–Kier alpha value is -1.69. The molecule has 1 saturated heterocycles. The van der Waals surface area contributed by atoms with Crippen molar-refractivity contribution in [1.29, 1.82) is 0 Å². The predicted octanol–water partition coefficient (Wildman–Crippen LogP) is 2.45. The molecular formula is C15H17BrN4O. The van der Waals surface area contributed by atoms with E-state index < -0.39 is 0 Å². The first-order valence-electron chi connectivity index (χ1n) is 7.10. The second kappa shape index (κ2) is 6.39. The molecule has 0 aliphatic carbocycles. The van der Waals surface area contributed by atoms with Gasteiger partial charge >= 0.3 is 0 Å². The average Bonchev–Trinajstić information content (AvgIpc) is 3.17. The number of benzene rings is 1. The maximum absolute atomic E-state index is 12.3. The summed E-state index contributed by atoms with van der Waals surface area (Å²) in [5, 5.41) is 7.84. The highest BCUT2D eigenvalue weighted by Gasteiger charge is 2.27. The highest BCUT2D eigenvalue weighted by atomic mass is 79.9. The topological polar surface area (TPSA) is 51.0 Å². The van der Waals surface area contributed by atoms with Gasteiger partial charge in [-0.3, -0.25) is 4.79 Å². The molecule has 1 fully saturated rings. The van der Waals surface area contributed by atoms with Crippen molar-refractivity contribution < 1.29 is 4.79 Å². The quantitative estimate of drug-likeness (QED) is 0.852. The van der Waals surface area contributed by atoms with Crippen molar-refractivity contribution in [2.75, 3.05) is 13.1 Å². The van der Waals surface area contributed by atoms with E-state index in [1.54, 1.807) is 6.20 Å². The highest BCUT2D eigenvalue weighted by molar-refractivity contribution is 9.10. The van der Waals surface area contributed by atoms with Crippen molar-refractivity contribution in [2.45, 2.75) is 25.3 Å². The number of aryl methyl sites for hydroxylation is 1. The van der Waals surface area contributed by atoms with Crippen molar-refractivity contribution in [3.8, 4) is 0 Å². The molecule has 6 heteroatoms. The second-order valence-corrected chi connectivity index (χ2v) is 6.21. The van der Waals surface area contributed by atoms with Crippen LogP contribution in [0, 0.1) is 0 Å². The van der Waals surface area contributed by atoms with Crippen LogP contribution in [0.3, 0.4) is 0 Å². The van der Waals surface area contributed by atoms with E-state index in [0.29, 0.717) is 6.42 Å². The van der Waals surface area contributed by atoms with Gasteiger partial charge in [-0.15, -0.1) is 5.10 Å². The van der Waals surface area contributed by atoms with Gasteiger partial charge in [0.1, 0.15) is 0 Å². The number of hydrogen-bond acceptors (Lipinski definition) is 3. The lowest BCUT2D eigenvalue weighted by molar-refractivity contribution is -0.130. The highest BCUT2D eigenvalue weighted by Crippen LogP contribution is 2.21. The molecule has 0 bridgehead atoms. The summed E-state index contributed by atoms with van der Waals surface area (Å²) >= 11 is 3.42. The molecule has 0 radical (unpaired) electrons. The number of carbonyl (C=O) groups is 1. The zero-order valence-corrected chi connectivity index (χ0v) is 13.2. The lowest BCUT2D eigenvalue weighted by Crippen LogP contribution is -2.29. The van der Waals surface area contributed by atoms with Gasteiger partial charge in [-0.1, -0.05) is 33.3 Å². The maximum atomic E-state index is 12.3. The number of halogens is 1. The molecule has 1 aromatic carbocycles. The minimum Gasteiger partial charge on any atom is -0.340 e. The molecule has 3 rings (SSSR count). The van der Waals surface area contributed by atoms with Crippen LogP contribution < -0.4 is 0 Å². The van der Waals surface area contributed by atoms with E-state index in [1.807, 2.05) is 27.9 Å². The molecular weight excluding hydrogens is 332 g/mol. The Balaban J connectivity index is 1.51. The molecule has 1 aromatic heterocycles. The van der Waals surface area contributed by atoms with E-state index in [1.165, 1.54) is 5.56 Å². The van der Waals surface area contributed by atoms with E-state index in [-0.39, 0.29) is 11.9 Å².